The summed E-state index contributed by atoms with van der Waals surface area (Å²) in [6, 6.07) is 10.9. The molecule has 3 nitrogen and oxygen atoms in total. The molecule has 1 aliphatic rings. The van der Waals surface area contributed by atoms with Gasteiger partial charge in [0.05, 0.1) is 19.6 Å². The van der Waals surface area contributed by atoms with Crippen LogP contribution in [0.4, 0.5) is 4.39 Å². The second kappa shape index (κ2) is 7.21. The number of fused-ring (bicyclic) bond motifs is 1. The van der Waals surface area contributed by atoms with Crippen molar-refractivity contribution in [3.05, 3.63) is 73.9 Å². The molecule has 1 atom stereocenters. The van der Waals surface area contributed by atoms with Crippen molar-refractivity contribution in [1.29, 1.82) is 0 Å². The highest BCUT2D eigenvalue weighted by Crippen LogP contribution is 2.39. The third kappa shape index (κ3) is 3.15. The average Bonchev–Trinajstić information content (AvgIpc) is 3.32. The van der Waals surface area contributed by atoms with Gasteiger partial charge in [-0.1, -0.05) is 12.1 Å². The minimum atomic E-state index is -0.439. The van der Waals surface area contributed by atoms with Gasteiger partial charge in [-0.15, -0.1) is 22.7 Å². The summed E-state index contributed by atoms with van der Waals surface area (Å²) in [6.07, 6.45) is 1.06. The zero-order chi connectivity index (χ0) is 18.1. The molecule has 1 unspecified atom stereocenters. The van der Waals surface area contributed by atoms with E-state index in [2.05, 4.69) is 17.5 Å². The predicted octanol–water partition coefficient (Wildman–Crippen LogP) is 4.67. The van der Waals surface area contributed by atoms with Gasteiger partial charge in [-0.05, 0) is 52.6 Å². The Kier molecular flexibility index (Phi) is 4.78. The molecular weight excluding hydrogens is 369 g/mol. The minimum absolute atomic E-state index is 0.0183. The summed E-state index contributed by atoms with van der Waals surface area (Å²) in [4.78, 5) is 17.5. The zero-order valence-electron chi connectivity index (χ0n) is 14.3. The largest absolute Gasteiger partial charge is 0.494 e. The summed E-state index contributed by atoms with van der Waals surface area (Å²) in [7, 11) is 1.43. The number of hydrogen-bond acceptors (Lipinski definition) is 4. The fourth-order valence-corrected chi connectivity index (χ4v) is 5.19. The van der Waals surface area contributed by atoms with Gasteiger partial charge in [0.25, 0.3) is 0 Å². The number of amides is 1. The van der Waals surface area contributed by atoms with E-state index in [1.165, 1.54) is 28.5 Å². The summed E-state index contributed by atoms with van der Waals surface area (Å²) in [6.45, 7) is 0.688. The molecule has 0 saturated heterocycles. The van der Waals surface area contributed by atoms with E-state index in [1.54, 1.807) is 34.8 Å². The second-order valence-corrected chi connectivity index (χ2v) is 8.18. The first kappa shape index (κ1) is 17.2. The van der Waals surface area contributed by atoms with Crippen LogP contribution in [0.25, 0.3) is 0 Å². The second-order valence-electron chi connectivity index (χ2n) is 6.20. The Hall–Kier alpha value is -2.18. The maximum atomic E-state index is 14.0. The summed E-state index contributed by atoms with van der Waals surface area (Å²) >= 11 is 3.42. The van der Waals surface area contributed by atoms with Crippen LogP contribution in [-0.2, 0) is 17.6 Å². The quantitative estimate of drug-likeness (QED) is 0.651. The Morgan fingerprint density at radius 1 is 1.27 bits per heavy atom. The van der Waals surface area contributed by atoms with Gasteiger partial charge < -0.3 is 9.64 Å². The minimum Gasteiger partial charge on any atom is -0.494 e. The molecule has 1 amide bonds. The first-order chi connectivity index (χ1) is 12.7. The molecule has 1 aromatic carbocycles. The van der Waals surface area contributed by atoms with E-state index in [9.17, 15) is 9.18 Å². The van der Waals surface area contributed by atoms with E-state index in [0.717, 1.165) is 6.42 Å². The monoisotopic (exact) mass is 387 g/mol. The van der Waals surface area contributed by atoms with Crippen molar-refractivity contribution in [2.75, 3.05) is 13.7 Å². The Bertz CT molecular complexity index is 920. The average molecular weight is 388 g/mol. The topological polar surface area (TPSA) is 29.5 Å². The first-order valence-corrected chi connectivity index (χ1v) is 10.1. The SMILES string of the molecule is COc1ccc(CC(=O)N2CCc3sccc3C2c2cccs2)cc1F. The number of halogens is 1. The Labute approximate surface area is 159 Å². The van der Waals surface area contributed by atoms with Gasteiger partial charge in [-0.3, -0.25) is 4.79 Å². The van der Waals surface area contributed by atoms with Crippen LogP contribution < -0.4 is 4.74 Å². The molecule has 0 fully saturated rings. The van der Waals surface area contributed by atoms with E-state index in [4.69, 9.17) is 4.74 Å². The maximum absolute atomic E-state index is 14.0. The van der Waals surface area contributed by atoms with E-state index in [0.29, 0.717) is 12.1 Å². The predicted molar refractivity (Wildman–Crippen MR) is 103 cm³/mol. The maximum Gasteiger partial charge on any atom is 0.227 e. The van der Waals surface area contributed by atoms with Crippen LogP contribution in [0.5, 0.6) is 5.75 Å². The van der Waals surface area contributed by atoms with Crippen LogP contribution >= 0.6 is 22.7 Å². The molecule has 2 aromatic heterocycles. The lowest BCUT2D eigenvalue weighted by molar-refractivity contribution is -0.132. The molecule has 3 aromatic rings. The van der Waals surface area contributed by atoms with Crippen LogP contribution in [0.3, 0.4) is 0 Å². The number of ether oxygens (including phenoxy) is 1. The molecule has 1 aliphatic heterocycles. The number of carbonyl (C=O) groups is 1. The van der Waals surface area contributed by atoms with Crippen molar-refractivity contribution >= 4 is 28.6 Å². The summed E-state index contributed by atoms with van der Waals surface area (Å²) < 4.78 is 18.9. The number of hydrogen-bond donors (Lipinski definition) is 0. The third-order valence-corrected chi connectivity index (χ3v) is 6.59. The van der Waals surface area contributed by atoms with Crippen LogP contribution in [0, 0.1) is 5.82 Å². The van der Waals surface area contributed by atoms with Crippen molar-refractivity contribution in [3.8, 4) is 5.75 Å². The molecule has 0 saturated carbocycles. The van der Waals surface area contributed by atoms with Crippen LogP contribution in [0.1, 0.15) is 26.9 Å². The van der Waals surface area contributed by atoms with Crippen molar-refractivity contribution in [2.24, 2.45) is 0 Å². The lowest BCUT2D eigenvalue weighted by Crippen LogP contribution is -2.40. The molecule has 0 spiro atoms. The lowest BCUT2D eigenvalue weighted by Gasteiger charge is -2.35. The van der Waals surface area contributed by atoms with E-state index >= 15 is 0 Å². The summed E-state index contributed by atoms with van der Waals surface area (Å²) in [5.74, 6) is -0.227. The number of benzene rings is 1. The molecule has 4 rings (SSSR count). The van der Waals surface area contributed by atoms with Crippen molar-refractivity contribution in [1.82, 2.24) is 4.90 Å². The molecule has 0 aliphatic carbocycles. The van der Waals surface area contributed by atoms with Gasteiger partial charge in [0.1, 0.15) is 0 Å². The van der Waals surface area contributed by atoms with Gasteiger partial charge >= 0.3 is 0 Å². The lowest BCUT2D eigenvalue weighted by atomic mass is 9.97. The van der Waals surface area contributed by atoms with Crippen LogP contribution in [0.2, 0.25) is 0 Å². The van der Waals surface area contributed by atoms with E-state index < -0.39 is 5.82 Å². The van der Waals surface area contributed by atoms with Crippen molar-refractivity contribution < 1.29 is 13.9 Å². The highest BCUT2D eigenvalue weighted by Gasteiger charge is 2.33. The van der Waals surface area contributed by atoms with E-state index in [1.807, 2.05) is 16.3 Å². The molecule has 0 N–H and O–H groups in total. The third-order valence-electron chi connectivity index (χ3n) is 4.67. The van der Waals surface area contributed by atoms with Gasteiger partial charge in [-0.25, -0.2) is 4.39 Å². The fraction of sp³-hybridized carbons (Fsp3) is 0.250. The molecule has 3 heterocycles. The number of methoxy groups -OCH3 is 1. The van der Waals surface area contributed by atoms with Crippen molar-refractivity contribution in [3.63, 3.8) is 0 Å². The Morgan fingerprint density at radius 3 is 2.88 bits per heavy atom. The Morgan fingerprint density at radius 2 is 2.15 bits per heavy atom. The standard InChI is InChI=1S/C20H18FNO2S2/c1-24-16-5-4-13(11-15(16)21)12-19(23)22-8-6-17-14(7-10-26-17)20(22)18-3-2-9-25-18/h2-5,7,9-11,20H,6,8,12H2,1H3. The normalized spacial score (nSPS) is 16.4. The number of carbonyl (C=O) groups excluding carboxylic acids is 1. The van der Waals surface area contributed by atoms with Crippen LogP contribution in [0.15, 0.2) is 47.2 Å². The highest BCUT2D eigenvalue weighted by atomic mass is 32.1. The molecule has 134 valence electrons. The highest BCUT2D eigenvalue weighted by molar-refractivity contribution is 7.10. The first-order valence-electron chi connectivity index (χ1n) is 8.39. The van der Waals surface area contributed by atoms with Gasteiger partial charge in [-0.2, -0.15) is 0 Å². The summed E-state index contributed by atoms with van der Waals surface area (Å²) in [5, 5.41) is 4.13. The molecular formula is C20H18FNO2S2. The number of nitrogens with zero attached hydrogens (tertiary/aromatic N) is 1. The van der Waals surface area contributed by atoms with Crippen LogP contribution in [-0.4, -0.2) is 24.5 Å². The van der Waals surface area contributed by atoms with Gasteiger partial charge in [0, 0.05) is 16.3 Å². The molecule has 6 heteroatoms. The van der Waals surface area contributed by atoms with Crippen molar-refractivity contribution in [2.45, 2.75) is 18.9 Å². The molecule has 0 bridgehead atoms. The summed E-state index contributed by atoms with van der Waals surface area (Å²) in [5.41, 5.74) is 1.88. The Balaban J connectivity index is 1.61. The smallest absolute Gasteiger partial charge is 0.227 e. The van der Waals surface area contributed by atoms with Gasteiger partial charge in [0.2, 0.25) is 5.91 Å². The zero-order valence-corrected chi connectivity index (χ0v) is 15.9. The number of thiophene rings is 2. The molecule has 0 radical (unpaired) electrons. The molecule has 26 heavy (non-hydrogen) atoms. The van der Waals surface area contributed by atoms with E-state index in [-0.39, 0.29) is 24.1 Å². The van der Waals surface area contributed by atoms with Gasteiger partial charge in [0.15, 0.2) is 11.6 Å². The fourth-order valence-electron chi connectivity index (χ4n) is 3.43. The number of rotatable bonds is 4.